The van der Waals surface area contributed by atoms with Gasteiger partial charge in [0.25, 0.3) is 0 Å². The van der Waals surface area contributed by atoms with Crippen molar-refractivity contribution in [3.63, 3.8) is 0 Å². The molecule has 0 spiro atoms. The Hall–Kier alpha value is -0.0400. The molecular weight excluding hydrogens is 98.1 g/mol. The normalized spacial score (nSPS) is 50.6. The number of fused-ring (bicyclic) bond motifs is 1. The Labute approximate surface area is 50.7 Å². The summed E-state index contributed by atoms with van der Waals surface area (Å²) in [6.07, 6.45) is 4.45. The average Bonchev–Trinajstić information content (AvgIpc) is 2.10. The van der Waals surface area contributed by atoms with Gasteiger partial charge in [0.05, 0.1) is 0 Å². The Morgan fingerprint density at radius 2 is 2.25 bits per heavy atom. The van der Waals surface area contributed by atoms with E-state index in [-0.39, 0.29) is 0 Å². The van der Waals surface area contributed by atoms with Crippen LogP contribution >= 0.6 is 0 Å². The molecule has 0 aromatic heterocycles. The minimum atomic E-state index is 0.722. The minimum Gasteiger partial charge on any atom is -0.303 e. The van der Waals surface area contributed by atoms with Crippen molar-refractivity contribution in [2.45, 2.75) is 24.8 Å². The molecule has 0 bridgehead atoms. The van der Waals surface area contributed by atoms with Crippen molar-refractivity contribution in [3.05, 3.63) is 0 Å². The van der Waals surface area contributed by atoms with Crippen LogP contribution in [-0.4, -0.2) is 24.5 Å². The number of hydrogen-bond acceptors (Lipinski definition) is 1. The Kier molecular flexibility index (Phi) is 0.663. The second-order valence-electron chi connectivity index (χ2n) is 3.44. The first-order valence-electron chi connectivity index (χ1n) is 3.43. The maximum atomic E-state index is 2.40. The molecule has 0 radical (unpaired) electrons. The van der Waals surface area contributed by atoms with E-state index in [1.54, 1.807) is 0 Å². The minimum absolute atomic E-state index is 0.722. The molecule has 2 unspecified atom stereocenters. The van der Waals surface area contributed by atoms with E-state index in [9.17, 15) is 0 Å². The van der Waals surface area contributed by atoms with E-state index in [2.05, 4.69) is 19.0 Å². The highest BCUT2D eigenvalue weighted by molar-refractivity contribution is 5.17. The first-order valence-corrected chi connectivity index (χ1v) is 3.43. The lowest BCUT2D eigenvalue weighted by Crippen LogP contribution is -2.37. The summed E-state index contributed by atoms with van der Waals surface area (Å²) in [6, 6.07) is 0. The van der Waals surface area contributed by atoms with Crippen LogP contribution in [0.15, 0.2) is 0 Å². The molecule has 2 atom stereocenters. The fraction of sp³-hybridized carbons (Fsp3) is 1.00. The molecule has 0 saturated heterocycles. The molecule has 0 heterocycles. The van der Waals surface area contributed by atoms with Gasteiger partial charge in [0, 0.05) is 5.54 Å². The Balaban J connectivity index is 2.07. The van der Waals surface area contributed by atoms with Gasteiger partial charge in [-0.3, -0.25) is 0 Å². The van der Waals surface area contributed by atoms with Gasteiger partial charge >= 0.3 is 0 Å². The predicted octanol–water partition coefficient (Wildman–Crippen LogP) is 1.10. The molecule has 46 valence electrons. The van der Waals surface area contributed by atoms with Crippen LogP contribution in [0.4, 0.5) is 0 Å². The zero-order valence-electron chi connectivity index (χ0n) is 5.65. The molecule has 2 rings (SSSR count). The van der Waals surface area contributed by atoms with Crippen LogP contribution in [0, 0.1) is 5.92 Å². The van der Waals surface area contributed by atoms with E-state index in [0.717, 1.165) is 11.5 Å². The van der Waals surface area contributed by atoms with E-state index in [1.165, 1.54) is 19.3 Å². The first-order chi connectivity index (χ1) is 3.76. The molecule has 0 amide bonds. The summed E-state index contributed by atoms with van der Waals surface area (Å²) < 4.78 is 0. The molecule has 2 aliphatic carbocycles. The van der Waals surface area contributed by atoms with Crippen LogP contribution in [-0.2, 0) is 0 Å². The lowest BCUT2D eigenvalue weighted by atomic mass is 9.92. The fourth-order valence-electron chi connectivity index (χ4n) is 2.02. The quantitative estimate of drug-likeness (QED) is 0.490. The van der Waals surface area contributed by atoms with Gasteiger partial charge in [0.2, 0.25) is 0 Å². The molecule has 0 N–H and O–H groups in total. The van der Waals surface area contributed by atoms with Gasteiger partial charge < -0.3 is 4.90 Å². The highest BCUT2D eigenvalue weighted by Crippen LogP contribution is 2.62. The molecule has 8 heavy (non-hydrogen) atoms. The van der Waals surface area contributed by atoms with Crippen molar-refractivity contribution >= 4 is 0 Å². The van der Waals surface area contributed by atoms with Gasteiger partial charge in [0.1, 0.15) is 0 Å². The third-order valence-electron chi connectivity index (χ3n) is 3.02. The van der Waals surface area contributed by atoms with Crippen molar-refractivity contribution in [2.24, 2.45) is 5.92 Å². The van der Waals surface area contributed by atoms with E-state index < -0.39 is 0 Å². The van der Waals surface area contributed by atoms with Crippen molar-refractivity contribution in [1.29, 1.82) is 0 Å². The molecule has 1 heteroatoms. The molecule has 2 aliphatic rings. The molecule has 2 saturated carbocycles. The Bertz CT molecular complexity index is 116. The van der Waals surface area contributed by atoms with E-state index in [1.807, 2.05) is 0 Å². The zero-order chi connectivity index (χ0) is 5.78. The van der Waals surface area contributed by atoms with Gasteiger partial charge in [-0.1, -0.05) is 0 Å². The topological polar surface area (TPSA) is 3.24 Å². The van der Waals surface area contributed by atoms with Gasteiger partial charge in [-0.2, -0.15) is 0 Å². The van der Waals surface area contributed by atoms with Crippen molar-refractivity contribution in [2.75, 3.05) is 14.1 Å². The Morgan fingerprint density at radius 1 is 1.50 bits per heavy atom. The van der Waals surface area contributed by atoms with Crippen LogP contribution in [0.3, 0.4) is 0 Å². The van der Waals surface area contributed by atoms with Gasteiger partial charge in [0.15, 0.2) is 0 Å². The standard InChI is InChI=1S/C7H13N/c1-8(2)7-4-3-6(7)5-7/h6H,3-5H2,1-2H3. The van der Waals surface area contributed by atoms with Crippen LogP contribution in [0.2, 0.25) is 0 Å². The molecule has 0 aromatic rings. The summed E-state index contributed by atoms with van der Waals surface area (Å²) in [4.78, 5) is 2.40. The SMILES string of the molecule is CN(C)C12CCC1C2. The number of rotatable bonds is 1. The summed E-state index contributed by atoms with van der Waals surface area (Å²) in [6.45, 7) is 0. The van der Waals surface area contributed by atoms with E-state index in [4.69, 9.17) is 0 Å². The second-order valence-corrected chi connectivity index (χ2v) is 3.44. The van der Waals surface area contributed by atoms with Crippen LogP contribution in [0.1, 0.15) is 19.3 Å². The summed E-state index contributed by atoms with van der Waals surface area (Å²) in [7, 11) is 4.42. The summed E-state index contributed by atoms with van der Waals surface area (Å²) in [5.74, 6) is 1.09. The molecule has 1 nitrogen and oxygen atoms in total. The van der Waals surface area contributed by atoms with Gasteiger partial charge in [-0.15, -0.1) is 0 Å². The highest BCUT2D eigenvalue weighted by Gasteiger charge is 2.62. The third-order valence-corrected chi connectivity index (χ3v) is 3.02. The Morgan fingerprint density at radius 3 is 2.25 bits per heavy atom. The van der Waals surface area contributed by atoms with Gasteiger partial charge in [-0.25, -0.2) is 0 Å². The largest absolute Gasteiger partial charge is 0.303 e. The first kappa shape index (κ1) is 4.80. The fourth-order valence-corrected chi connectivity index (χ4v) is 2.02. The second kappa shape index (κ2) is 1.10. The molecular formula is C7H13N. The highest BCUT2D eigenvalue weighted by atomic mass is 15.2. The molecule has 2 fully saturated rings. The average molecular weight is 111 g/mol. The number of nitrogens with zero attached hydrogens (tertiary/aromatic N) is 1. The lowest BCUT2D eigenvalue weighted by Gasteiger charge is -2.32. The smallest absolute Gasteiger partial charge is 0.0235 e. The summed E-state index contributed by atoms with van der Waals surface area (Å²) in [5.41, 5.74) is 0.722. The lowest BCUT2D eigenvalue weighted by molar-refractivity contribution is 0.173. The zero-order valence-corrected chi connectivity index (χ0v) is 5.65. The maximum Gasteiger partial charge on any atom is 0.0235 e. The van der Waals surface area contributed by atoms with Crippen molar-refractivity contribution < 1.29 is 0 Å². The third kappa shape index (κ3) is 0.334. The van der Waals surface area contributed by atoms with Crippen LogP contribution < -0.4 is 0 Å². The summed E-state index contributed by atoms with van der Waals surface area (Å²) in [5, 5.41) is 0. The van der Waals surface area contributed by atoms with Gasteiger partial charge in [-0.05, 0) is 39.3 Å². The maximum absolute atomic E-state index is 2.40. The summed E-state index contributed by atoms with van der Waals surface area (Å²) >= 11 is 0. The predicted molar refractivity (Wildman–Crippen MR) is 33.8 cm³/mol. The van der Waals surface area contributed by atoms with E-state index >= 15 is 0 Å². The molecule has 0 aliphatic heterocycles. The monoisotopic (exact) mass is 111 g/mol. The van der Waals surface area contributed by atoms with E-state index in [0.29, 0.717) is 0 Å². The van der Waals surface area contributed by atoms with Crippen molar-refractivity contribution in [3.8, 4) is 0 Å². The van der Waals surface area contributed by atoms with Crippen molar-refractivity contribution in [1.82, 2.24) is 4.90 Å². The van der Waals surface area contributed by atoms with Crippen LogP contribution in [0.5, 0.6) is 0 Å². The molecule has 0 aromatic carbocycles. The number of hydrogen-bond donors (Lipinski definition) is 0. The van der Waals surface area contributed by atoms with Crippen LogP contribution in [0.25, 0.3) is 0 Å².